The number of ether oxygens (including phenoxy) is 1. The lowest BCUT2D eigenvalue weighted by molar-refractivity contribution is -0.0498. The van der Waals surface area contributed by atoms with E-state index in [9.17, 15) is 13.6 Å². The van der Waals surface area contributed by atoms with Crippen LogP contribution in [-0.4, -0.2) is 48.3 Å². The molecule has 0 fully saturated rings. The largest absolute Gasteiger partial charge is 0.435 e. The van der Waals surface area contributed by atoms with E-state index < -0.39 is 6.61 Å². The van der Waals surface area contributed by atoms with Crippen molar-refractivity contribution in [2.75, 3.05) is 26.0 Å². The molecule has 1 aromatic heterocycles. The molecule has 0 unspecified atom stereocenters. The maximum absolute atomic E-state index is 12.1. The van der Waals surface area contributed by atoms with E-state index in [0.29, 0.717) is 10.7 Å². The number of carbonyl (C=O) groups excluding carboxylic acids is 1. The molecule has 0 aliphatic carbocycles. The topological polar surface area (TPSA) is 67.4 Å². The van der Waals surface area contributed by atoms with E-state index in [1.807, 2.05) is 19.0 Å². The van der Waals surface area contributed by atoms with Gasteiger partial charge in [0.25, 0.3) is 5.91 Å². The second-order valence-corrected chi connectivity index (χ2v) is 5.97. The Balaban J connectivity index is 1.93. The predicted molar refractivity (Wildman–Crippen MR) is 83.2 cm³/mol. The van der Waals surface area contributed by atoms with E-state index in [-0.39, 0.29) is 11.7 Å². The number of amides is 1. The van der Waals surface area contributed by atoms with Crippen LogP contribution in [0.5, 0.6) is 5.75 Å². The van der Waals surface area contributed by atoms with Crippen LogP contribution < -0.4 is 10.1 Å². The average molecular weight is 342 g/mol. The minimum atomic E-state index is -2.89. The molecule has 1 heterocycles. The van der Waals surface area contributed by atoms with Gasteiger partial charge >= 0.3 is 6.61 Å². The zero-order chi connectivity index (χ0) is 16.8. The highest BCUT2D eigenvalue weighted by Gasteiger charge is 2.11. The summed E-state index contributed by atoms with van der Waals surface area (Å²) in [5.41, 5.74) is 0.316. The number of nitrogens with one attached hydrogen (secondary N) is 1. The van der Waals surface area contributed by atoms with E-state index >= 15 is 0 Å². The molecule has 2 aromatic rings. The second-order valence-electron chi connectivity index (χ2n) is 4.91. The van der Waals surface area contributed by atoms with Crippen LogP contribution in [0.15, 0.2) is 24.3 Å². The van der Waals surface area contributed by atoms with Crippen molar-refractivity contribution in [2.24, 2.45) is 0 Å². The summed E-state index contributed by atoms with van der Waals surface area (Å²) in [6, 6.07) is 5.43. The van der Waals surface area contributed by atoms with E-state index in [1.165, 1.54) is 35.6 Å². The van der Waals surface area contributed by atoms with Crippen molar-refractivity contribution in [1.82, 2.24) is 15.1 Å². The molecule has 0 aliphatic rings. The molecule has 1 N–H and O–H groups in total. The van der Waals surface area contributed by atoms with Gasteiger partial charge in [-0.1, -0.05) is 11.3 Å². The van der Waals surface area contributed by atoms with Gasteiger partial charge in [0.2, 0.25) is 5.13 Å². The standard InChI is InChI=1S/C14H16F2N4O2S/c1-20(2)8-7-11-18-19-14(23-11)17-12(21)9-3-5-10(6-4-9)22-13(15)16/h3-6,13H,7-8H2,1-2H3,(H,17,19,21). The summed E-state index contributed by atoms with van der Waals surface area (Å²) >= 11 is 1.30. The molecule has 9 heteroatoms. The Hall–Kier alpha value is -2.13. The lowest BCUT2D eigenvalue weighted by atomic mass is 10.2. The summed E-state index contributed by atoms with van der Waals surface area (Å²) in [6.07, 6.45) is 0.750. The van der Waals surface area contributed by atoms with Gasteiger partial charge in [0, 0.05) is 18.5 Å². The quantitative estimate of drug-likeness (QED) is 0.837. The van der Waals surface area contributed by atoms with Gasteiger partial charge < -0.3 is 9.64 Å². The molecule has 1 amide bonds. The van der Waals surface area contributed by atoms with Crippen LogP contribution in [0.4, 0.5) is 13.9 Å². The molecule has 0 bridgehead atoms. The Kier molecular flexibility index (Phi) is 5.94. The third-order valence-electron chi connectivity index (χ3n) is 2.80. The van der Waals surface area contributed by atoms with Crippen molar-refractivity contribution < 1.29 is 18.3 Å². The molecule has 6 nitrogen and oxygen atoms in total. The molecule has 0 radical (unpaired) electrons. The number of rotatable bonds is 7. The van der Waals surface area contributed by atoms with Crippen LogP contribution in [0.2, 0.25) is 0 Å². The number of likely N-dealkylation sites (N-methyl/N-ethyl adjacent to an activating group) is 1. The van der Waals surface area contributed by atoms with Crippen molar-refractivity contribution >= 4 is 22.4 Å². The number of halogens is 2. The average Bonchev–Trinajstić information content (AvgIpc) is 2.92. The number of nitrogens with zero attached hydrogens (tertiary/aromatic N) is 3. The highest BCUT2D eigenvalue weighted by atomic mass is 32.1. The number of anilines is 1. The number of aromatic nitrogens is 2. The van der Waals surface area contributed by atoms with Gasteiger partial charge in [-0.15, -0.1) is 10.2 Å². The van der Waals surface area contributed by atoms with E-state index in [1.54, 1.807) is 0 Å². The summed E-state index contributed by atoms with van der Waals surface area (Å²) in [7, 11) is 3.93. The van der Waals surface area contributed by atoms with E-state index in [2.05, 4.69) is 20.3 Å². The summed E-state index contributed by atoms with van der Waals surface area (Å²) in [5, 5.41) is 11.8. The van der Waals surface area contributed by atoms with Crippen molar-refractivity contribution in [1.29, 1.82) is 0 Å². The van der Waals surface area contributed by atoms with Gasteiger partial charge in [-0.3, -0.25) is 10.1 Å². The highest BCUT2D eigenvalue weighted by Crippen LogP contribution is 2.18. The Morgan fingerprint density at radius 3 is 2.61 bits per heavy atom. The van der Waals surface area contributed by atoms with Crippen LogP contribution in [0.25, 0.3) is 0 Å². The maximum atomic E-state index is 12.1. The molecule has 0 saturated heterocycles. The SMILES string of the molecule is CN(C)CCc1nnc(NC(=O)c2ccc(OC(F)F)cc2)s1. The number of alkyl halides is 2. The summed E-state index contributed by atoms with van der Waals surface area (Å²) in [6.45, 7) is -2.05. The Labute approximate surface area is 136 Å². The fourth-order valence-electron chi connectivity index (χ4n) is 1.68. The van der Waals surface area contributed by atoms with Crippen LogP contribution in [0.1, 0.15) is 15.4 Å². The third kappa shape index (κ3) is 5.53. The zero-order valence-electron chi connectivity index (χ0n) is 12.6. The van der Waals surface area contributed by atoms with Gasteiger partial charge in [0.15, 0.2) is 0 Å². The molecule has 23 heavy (non-hydrogen) atoms. The van der Waals surface area contributed by atoms with Crippen LogP contribution in [0, 0.1) is 0 Å². The zero-order valence-corrected chi connectivity index (χ0v) is 13.4. The van der Waals surface area contributed by atoms with Gasteiger partial charge in [-0.2, -0.15) is 8.78 Å². The van der Waals surface area contributed by atoms with Crippen molar-refractivity contribution in [3.05, 3.63) is 34.8 Å². The predicted octanol–water partition coefficient (Wildman–Crippen LogP) is 2.50. The molecule has 1 aromatic carbocycles. The Morgan fingerprint density at radius 1 is 1.30 bits per heavy atom. The smallest absolute Gasteiger partial charge is 0.387 e. The van der Waals surface area contributed by atoms with Crippen molar-refractivity contribution in [3.63, 3.8) is 0 Å². The van der Waals surface area contributed by atoms with Gasteiger partial charge in [0.1, 0.15) is 10.8 Å². The molecule has 0 saturated carbocycles. The monoisotopic (exact) mass is 342 g/mol. The van der Waals surface area contributed by atoms with Gasteiger partial charge in [0.05, 0.1) is 0 Å². The fourth-order valence-corrected chi connectivity index (χ4v) is 2.40. The molecule has 124 valence electrons. The fraction of sp³-hybridized carbons (Fsp3) is 0.357. The Bertz CT molecular complexity index is 646. The molecule has 0 spiro atoms. The van der Waals surface area contributed by atoms with Crippen molar-refractivity contribution in [3.8, 4) is 5.75 Å². The Morgan fingerprint density at radius 2 is 2.00 bits per heavy atom. The van der Waals surface area contributed by atoms with Gasteiger partial charge in [-0.25, -0.2) is 0 Å². The minimum absolute atomic E-state index is 0.00145. The van der Waals surface area contributed by atoms with Crippen LogP contribution in [0.3, 0.4) is 0 Å². The number of benzene rings is 1. The molecular weight excluding hydrogens is 326 g/mol. The van der Waals surface area contributed by atoms with E-state index in [0.717, 1.165) is 18.0 Å². The first-order chi connectivity index (χ1) is 10.9. The normalized spacial score (nSPS) is 11.0. The first-order valence-corrected chi connectivity index (χ1v) is 7.59. The molecule has 2 rings (SSSR count). The van der Waals surface area contributed by atoms with Crippen LogP contribution in [-0.2, 0) is 6.42 Å². The minimum Gasteiger partial charge on any atom is -0.435 e. The van der Waals surface area contributed by atoms with Gasteiger partial charge in [-0.05, 0) is 38.4 Å². The number of hydrogen-bond acceptors (Lipinski definition) is 6. The molecule has 0 atom stereocenters. The number of hydrogen-bond donors (Lipinski definition) is 1. The maximum Gasteiger partial charge on any atom is 0.387 e. The van der Waals surface area contributed by atoms with E-state index in [4.69, 9.17) is 0 Å². The molecule has 0 aliphatic heterocycles. The first kappa shape index (κ1) is 17.2. The number of carbonyl (C=O) groups is 1. The summed E-state index contributed by atoms with van der Waals surface area (Å²) in [4.78, 5) is 14.1. The van der Waals surface area contributed by atoms with Crippen molar-refractivity contribution in [2.45, 2.75) is 13.0 Å². The third-order valence-corrected chi connectivity index (χ3v) is 3.70. The highest BCUT2D eigenvalue weighted by molar-refractivity contribution is 7.15. The lowest BCUT2D eigenvalue weighted by Crippen LogP contribution is -2.14. The lowest BCUT2D eigenvalue weighted by Gasteiger charge is -2.06. The first-order valence-electron chi connectivity index (χ1n) is 6.77. The second kappa shape index (κ2) is 7.93. The van der Waals surface area contributed by atoms with Crippen LogP contribution >= 0.6 is 11.3 Å². The molecular formula is C14H16F2N4O2S. The summed E-state index contributed by atoms with van der Waals surface area (Å²) < 4.78 is 28.4. The summed E-state index contributed by atoms with van der Waals surface area (Å²) in [5.74, 6) is -0.387.